The fourth-order valence-corrected chi connectivity index (χ4v) is 2.80. The van der Waals surface area contributed by atoms with Gasteiger partial charge in [0.15, 0.2) is 5.16 Å². The van der Waals surface area contributed by atoms with E-state index in [2.05, 4.69) is 20.0 Å². The molecule has 0 saturated heterocycles. The molecule has 128 valence electrons. The summed E-state index contributed by atoms with van der Waals surface area (Å²) in [4.78, 5) is 31.3. The molecule has 1 heterocycles. The van der Waals surface area contributed by atoms with Crippen molar-refractivity contribution in [3.05, 3.63) is 17.5 Å². The zero-order valence-electron chi connectivity index (χ0n) is 14.1. The van der Waals surface area contributed by atoms with Gasteiger partial charge in [-0.15, -0.1) is 0 Å². The van der Waals surface area contributed by atoms with Crippen LogP contribution in [0.1, 0.15) is 43.5 Å². The van der Waals surface area contributed by atoms with Crippen molar-refractivity contribution in [2.75, 3.05) is 19.4 Å². The Morgan fingerprint density at radius 1 is 1.13 bits per heavy atom. The summed E-state index contributed by atoms with van der Waals surface area (Å²) in [5.41, 5.74) is 1.82. The lowest BCUT2D eigenvalue weighted by Gasteiger charge is -2.05. The van der Waals surface area contributed by atoms with Crippen molar-refractivity contribution in [1.29, 1.82) is 0 Å². The highest BCUT2D eigenvalue weighted by atomic mass is 32.2. The van der Waals surface area contributed by atoms with E-state index in [0.717, 1.165) is 37.1 Å². The molecule has 7 heteroatoms. The van der Waals surface area contributed by atoms with E-state index in [4.69, 9.17) is 0 Å². The molecule has 0 atom stereocenters. The normalized spacial score (nSPS) is 10.4. The molecule has 1 aromatic rings. The van der Waals surface area contributed by atoms with Gasteiger partial charge in [-0.1, -0.05) is 24.6 Å². The van der Waals surface area contributed by atoms with Gasteiger partial charge >= 0.3 is 5.97 Å². The van der Waals surface area contributed by atoms with Gasteiger partial charge in [-0.3, -0.25) is 9.59 Å². The smallest absolute Gasteiger partial charge is 0.305 e. The second-order valence-electron chi connectivity index (χ2n) is 5.31. The van der Waals surface area contributed by atoms with Crippen molar-refractivity contribution in [1.82, 2.24) is 15.3 Å². The molecule has 0 unspecified atom stereocenters. The van der Waals surface area contributed by atoms with Gasteiger partial charge in [0, 0.05) is 24.4 Å². The highest BCUT2D eigenvalue weighted by molar-refractivity contribution is 7.99. The second kappa shape index (κ2) is 11.0. The first kappa shape index (κ1) is 19.4. The molecule has 23 heavy (non-hydrogen) atoms. The van der Waals surface area contributed by atoms with E-state index < -0.39 is 0 Å². The number of esters is 1. The van der Waals surface area contributed by atoms with Crippen LogP contribution < -0.4 is 5.32 Å². The number of nitrogens with zero attached hydrogens (tertiary/aromatic N) is 2. The summed E-state index contributed by atoms with van der Waals surface area (Å²) >= 11 is 1.35. The third kappa shape index (κ3) is 9.18. The van der Waals surface area contributed by atoms with Crippen molar-refractivity contribution in [3.63, 3.8) is 0 Å². The summed E-state index contributed by atoms with van der Waals surface area (Å²) in [6.07, 6.45) is 4.17. The minimum Gasteiger partial charge on any atom is -0.469 e. The summed E-state index contributed by atoms with van der Waals surface area (Å²) < 4.78 is 4.58. The molecule has 0 aliphatic heterocycles. The van der Waals surface area contributed by atoms with Crippen LogP contribution >= 0.6 is 11.8 Å². The zero-order chi connectivity index (χ0) is 17.1. The van der Waals surface area contributed by atoms with Crippen LogP contribution in [0.3, 0.4) is 0 Å². The lowest BCUT2D eigenvalue weighted by Crippen LogP contribution is -2.26. The molecule has 0 saturated carbocycles. The van der Waals surface area contributed by atoms with Gasteiger partial charge in [0.1, 0.15) is 0 Å². The fraction of sp³-hybridized carbons (Fsp3) is 0.625. The van der Waals surface area contributed by atoms with Gasteiger partial charge in [-0.05, 0) is 32.8 Å². The maximum atomic E-state index is 11.8. The predicted molar refractivity (Wildman–Crippen MR) is 90.3 cm³/mol. The Balaban J connectivity index is 2.07. The highest BCUT2D eigenvalue weighted by Gasteiger charge is 2.05. The van der Waals surface area contributed by atoms with Crippen LogP contribution in [0, 0.1) is 13.8 Å². The summed E-state index contributed by atoms with van der Waals surface area (Å²) in [5, 5.41) is 3.53. The van der Waals surface area contributed by atoms with E-state index in [1.807, 2.05) is 19.9 Å². The molecule has 0 radical (unpaired) electrons. The van der Waals surface area contributed by atoms with Gasteiger partial charge in [0.25, 0.3) is 0 Å². The van der Waals surface area contributed by atoms with Crippen LogP contribution in [0.2, 0.25) is 0 Å². The number of amides is 1. The molecule has 0 spiro atoms. The number of methoxy groups -OCH3 is 1. The van der Waals surface area contributed by atoms with Crippen molar-refractivity contribution < 1.29 is 14.3 Å². The van der Waals surface area contributed by atoms with E-state index in [1.54, 1.807) is 0 Å². The van der Waals surface area contributed by atoms with E-state index in [-0.39, 0.29) is 11.9 Å². The van der Waals surface area contributed by atoms with Crippen molar-refractivity contribution in [3.8, 4) is 0 Å². The summed E-state index contributed by atoms with van der Waals surface area (Å²) in [5.74, 6) is 0.154. The number of nitrogens with one attached hydrogen (secondary N) is 1. The van der Waals surface area contributed by atoms with Crippen LogP contribution in [-0.4, -0.2) is 41.3 Å². The number of thioether (sulfide) groups is 1. The molecule has 0 aliphatic carbocycles. The van der Waals surface area contributed by atoms with Crippen LogP contribution in [0.25, 0.3) is 0 Å². The van der Waals surface area contributed by atoms with Gasteiger partial charge in [0.2, 0.25) is 5.91 Å². The second-order valence-corrected chi connectivity index (χ2v) is 6.25. The maximum absolute atomic E-state index is 11.8. The van der Waals surface area contributed by atoms with E-state index in [1.165, 1.54) is 18.9 Å². The van der Waals surface area contributed by atoms with Crippen LogP contribution in [0.5, 0.6) is 0 Å². The van der Waals surface area contributed by atoms with Crippen LogP contribution in [-0.2, 0) is 14.3 Å². The number of rotatable bonds is 10. The van der Waals surface area contributed by atoms with E-state index in [0.29, 0.717) is 23.9 Å². The maximum Gasteiger partial charge on any atom is 0.305 e. The number of hydrogen-bond donors (Lipinski definition) is 1. The Labute approximate surface area is 141 Å². The first-order chi connectivity index (χ1) is 11.0. The fourth-order valence-electron chi connectivity index (χ4n) is 2.02. The summed E-state index contributed by atoms with van der Waals surface area (Å²) in [6, 6.07) is 1.91. The molecule has 0 aromatic carbocycles. The number of aromatic nitrogens is 2. The first-order valence-corrected chi connectivity index (χ1v) is 8.78. The van der Waals surface area contributed by atoms with Crippen molar-refractivity contribution in [2.24, 2.45) is 0 Å². The number of aryl methyl sites for hydroxylation is 2. The largest absolute Gasteiger partial charge is 0.469 e. The molecule has 1 amide bonds. The van der Waals surface area contributed by atoms with Gasteiger partial charge in [-0.25, -0.2) is 9.97 Å². The third-order valence-electron chi connectivity index (χ3n) is 3.15. The standard InChI is InChI=1S/C16H25N3O3S/c1-12-10-13(2)19-16(18-12)23-11-14(20)17-9-7-5-4-6-8-15(21)22-3/h10H,4-9,11H2,1-3H3,(H,17,20). The van der Waals surface area contributed by atoms with Crippen molar-refractivity contribution in [2.45, 2.75) is 51.1 Å². The van der Waals surface area contributed by atoms with Gasteiger partial charge < -0.3 is 10.1 Å². The topological polar surface area (TPSA) is 81.2 Å². The molecule has 6 nitrogen and oxygen atoms in total. The Bertz CT molecular complexity index is 503. The predicted octanol–water partition coefficient (Wildman–Crippen LogP) is 2.43. The van der Waals surface area contributed by atoms with E-state index >= 15 is 0 Å². The van der Waals surface area contributed by atoms with Gasteiger partial charge in [-0.2, -0.15) is 0 Å². The molecular formula is C16H25N3O3S. The Morgan fingerprint density at radius 2 is 1.78 bits per heavy atom. The molecular weight excluding hydrogens is 314 g/mol. The number of ether oxygens (including phenoxy) is 1. The summed E-state index contributed by atoms with van der Waals surface area (Å²) in [6.45, 7) is 4.49. The molecule has 0 fully saturated rings. The van der Waals surface area contributed by atoms with Crippen LogP contribution in [0.15, 0.2) is 11.2 Å². The summed E-state index contributed by atoms with van der Waals surface area (Å²) in [7, 11) is 1.40. The molecule has 1 N–H and O–H groups in total. The molecule has 0 aliphatic rings. The average Bonchev–Trinajstić information content (AvgIpc) is 2.50. The number of carbonyl (C=O) groups is 2. The number of carbonyl (C=O) groups excluding carboxylic acids is 2. The zero-order valence-corrected chi connectivity index (χ0v) is 14.9. The van der Waals surface area contributed by atoms with Gasteiger partial charge in [0.05, 0.1) is 12.9 Å². The number of unbranched alkanes of at least 4 members (excludes halogenated alkanes) is 3. The SMILES string of the molecule is COC(=O)CCCCCCNC(=O)CSc1nc(C)cc(C)n1. The Kier molecular flexibility index (Phi) is 9.28. The lowest BCUT2D eigenvalue weighted by molar-refractivity contribution is -0.140. The minimum atomic E-state index is -0.163. The Hall–Kier alpha value is -1.63. The van der Waals surface area contributed by atoms with Crippen molar-refractivity contribution >= 4 is 23.6 Å². The molecule has 0 bridgehead atoms. The third-order valence-corrected chi connectivity index (χ3v) is 4.00. The minimum absolute atomic E-state index is 0.00711. The van der Waals surface area contributed by atoms with E-state index in [9.17, 15) is 9.59 Å². The monoisotopic (exact) mass is 339 g/mol. The quantitative estimate of drug-likeness (QED) is 0.305. The lowest BCUT2D eigenvalue weighted by atomic mass is 10.1. The molecule has 1 rings (SSSR count). The number of hydrogen-bond acceptors (Lipinski definition) is 6. The Morgan fingerprint density at radius 3 is 2.43 bits per heavy atom. The average molecular weight is 339 g/mol. The highest BCUT2D eigenvalue weighted by Crippen LogP contribution is 2.13. The first-order valence-electron chi connectivity index (χ1n) is 7.80. The molecule has 1 aromatic heterocycles. The van der Waals surface area contributed by atoms with Crippen LogP contribution in [0.4, 0.5) is 0 Å².